The van der Waals surface area contributed by atoms with Crippen LogP contribution in [0.25, 0.3) is 0 Å². The minimum absolute atomic E-state index is 0.0974. The number of benzene rings is 1. The van der Waals surface area contributed by atoms with Gasteiger partial charge in [0.25, 0.3) is 0 Å². The highest BCUT2D eigenvalue weighted by Gasteiger charge is 2.29. The van der Waals surface area contributed by atoms with Crippen molar-refractivity contribution in [2.24, 2.45) is 5.73 Å². The third kappa shape index (κ3) is 3.00. The lowest BCUT2D eigenvalue weighted by atomic mass is 10.1. The maximum absolute atomic E-state index is 12.7. The molecule has 0 aromatic heterocycles. The number of hydrogen-bond acceptors (Lipinski definition) is 5. The fourth-order valence-electron chi connectivity index (χ4n) is 2.57. The molecule has 0 saturated carbocycles. The predicted molar refractivity (Wildman–Crippen MR) is 78.0 cm³/mol. The maximum Gasteiger partial charge on any atom is 0.243 e. The molecule has 21 heavy (non-hydrogen) atoms. The van der Waals surface area contributed by atoms with Crippen molar-refractivity contribution in [1.82, 2.24) is 4.31 Å². The fourth-order valence-corrected chi connectivity index (χ4v) is 4.05. The van der Waals surface area contributed by atoms with Crippen LogP contribution in [0, 0.1) is 0 Å². The zero-order chi connectivity index (χ0) is 14.9. The molecule has 2 aliphatic heterocycles. The van der Waals surface area contributed by atoms with Gasteiger partial charge < -0.3 is 15.2 Å². The van der Waals surface area contributed by atoms with Gasteiger partial charge in [0.15, 0.2) is 11.5 Å². The second-order valence-corrected chi connectivity index (χ2v) is 7.34. The van der Waals surface area contributed by atoms with Crippen molar-refractivity contribution in [2.45, 2.75) is 30.2 Å². The van der Waals surface area contributed by atoms with Gasteiger partial charge in [0.2, 0.25) is 10.0 Å². The van der Waals surface area contributed by atoms with E-state index in [-0.39, 0.29) is 10.9 Å². The summed E-state index contributed by atoms with van der Waals surface area (Å²) < 4.78 is 37.9. The molecular weight excluding hydrogens is 292 g/mol. The third-order valence-electron chi connectivity index (χ3n) is 3.86. The topological polar surface area (TPSA) is 81.9 Å². The highest BCUT2D eigenvalue weighted by molar-refractivity contribution is 7.89. The first-order chi connectivity index (χ1) is 10.1. The lowest BCUT2D eigenvalue weighted by Gasteiger charge is -2.29. The molecule has 6 nitrogen and oxygen atoms in total. The molecule has 2 heterocycles. The van der Waals surface area contributed by atoms with Gasteiger partial charge >= 0.3 is 0 Å². The minimum atomic E-state index is -3.49. The molecular formula is C14H20N2O4S. The number of rotatable bonds is 2. The van der Waals surface area contributed by atoms with E-state index >= 15 is 0 Å². The Morgan fingerprint density at radius 1 is 1.10 bits per heavy atom. The van der Waals surface area contributed by atoms with E-state index in [0.29, 0.717) is 50.6 Å². The van der Waals surface area contributed by atoms with Gasteiger partial charge in [-0.15, -0.1) is 0 Å². The lowest BCUT2D eigenvalue weighted by Crippen LogP contribution is -2.42. The van der Waals surface area contributed by atoms with E-state index in [1.165, 1.54) is 4.31 Å². The Bertz CT molecular complexity index is 609. The number of fused-ring (bicyclic) bond motifs is 1. The first kappa shape index (κ1) is 14.6. The number of ether oxygens (including phenoxy) is 2. The maximum atomic E-state index is 12.7. The Hall–Kier alpha value is -1.31. The van der Waals surface area contributed by atoms with Gasteiger partial charge in [0.1, 0.15) is 0 Å². The largest absolute Gasteiger partial charge is 0.490 e. The van der Waals surface area contributed by atoms with Crippen molar-refractivity contribution >= 4 is 10.0 Å². The van der Waals surface area contributed by atoms with Crippen molar-refractivity contribution in [1.29, 1.82) is 0 Å². The van der Waals surface area contributed by atoms with Crippen LogP contribution in [0.4, 0.5) is 0 Å². The van der Waals surface area contributed by atoms with E-state index in [1.807, 2.05) is 0 Å². The first-order valence-electron chi connectivity index (χ1n) is 7.23. The van der Waals surface area contributed by atoms with Crippen molar-refractivity contribution in [3.63, 3.8) is 0 Å². The Kier molecular flexibility index (Phi) is 4.05. The lowest BCUT2D eigenvalue weighted by molar-refractivity contribution is 0.296. The van der Waals surface area contributed by atoms with E-state index in [1.54, 1.807) is 18.2 Å². The minimum Gasteiger partial charge on any atom is -0.490 e. The van der Waals surface area contributed by atoms with Crippen LogP contribution >= 0.6 is 0 Å². The number of hydrogen-bond donors (Lipinski definition) is 1. The summed E-state index contributed by atoms with van der Waals surface area (Å²) in [4.78, 5) is 0.252. The van der Waals surface area contributed by atoms with Gasteiger partial charge in [0, 0.05) is 31.6 Å². The summed E-state index contributed by atoms with van der Waals surface area (Å²) in [6.07, 6.45) is 2.19. The molecule has 0 bridgehead atoms. The molecule has 0 unspecified atom stereocenters. The number of nitrogens with two attached hydrogens (primary N) is 1. The van der Waals surface area contributed by atoms with E-state index in [4.69, 9.17) is 15.2 Å². The SMILES string of the molecule is NC1CCN(S(=O)(=O)c2ccc3c(c2)OCCCO3)CC1. The highest BCUT2D eigenvalue weighted by atomic mass is 32.2. The van der Waals surface area contributed by atoms with E-state index in [0.717, 1.165) is 6.42 Å². The van der Waals surface area contributed by atoms with Crippen LogP contribution < -0.4 is 15.2 Å². The van der Waals surface area contributed by atoms with Crippen molar-refractivity contribution in [3.8, 4) is 11.5 Å². The van der Waals surface area contributed by atoms with Gasteiger partial charge in [-0.25, -0.2) is 8.42 Å². The molecule has 1 saturated heterocycles. The molecule has 2 N–H and O–H groups in total. The van der Waals surface area contributed by atoms with Gasteiger partial charge in [-0.2, -0.15) is 4.31 Å². The molecule has 7 heteroatoms. The van der Waals surface area contributed by atoms with E-state index in [9.17, 15) is 8.42 Å². The van der Waals surface area contributed by atoms with Gasteiger partial charge in [0.05, 0.1) is 18.1 Å². The standard InChI is InChI=1S/C14H20N2O4S/c15-11-4-6-16(7-5-11)21(17,18)12-2-3-13-14(10-12)20-9-1-8-19-13/h2-3,10-11H,1,4-9,15H2. The molecule has 0 spiro atoms. The quantitative estimate of drug-likeness (QED) is 0.879. The molecule has 3 rings (SSSR count). The highest BCUT2D eigenvalue weighted by Crippen LogP contribution is 2.33. The van der Waals surface area contributed by atoms with Crippen LogP contribution in [0.5, 0.6) is 11.5 Å². The number of nitrogens with zero attached hydrogens (tertiary/aromatic N) is 1. The molecule has 1 fully saturated rings. The molecule has 0 atom stereocenters. The molecule has 1 aromatic rings. The smallest absolute Gasteiger partial charge is 0.243 e. The molecule has 0 aliphatic carbocycles. The fraction of sp³-hybridized carbons (Fsp3) is 0.571. The molecule has 0 amide bonds. The average Bonchev–Trinajstić information content (AvgIpc) is 2.72. The zero-order valence-corrected chi connectivity index (χ0v) is 12.6. The number of sulfonamides is 1. The molecule has 0 radical (unpaired) electrons. The van der Waals surface area contributed by atoms with Crippen LogP contribution in [-0.4, -0.2) is 45.1 Å². The predicted octanol–water partition coefficient (Wildman–Crippen LogP) is 0.960. The Morgan fingerprint density at radius 2 is 1.76 bits per heavy atom. The molecule has 116 valence electrons. The van der Waals surface area contributed by atoms with Crippen LogP contribution in [0.2, 0.25) is 0 Å². The van der Waals surface area contributed by atoms with Gasteiger partial charge in [-0.3, -0.25) is 0 Å². The van der Waals surface area contributed by atoms with Gasteiger partial charge in [-0.05, 0) is 25.0 Å². The Labute approximate surface area is 124 Å². The van der Waals surface area contributed by atoms with Gasteiger partial charge in [-0.1, -0.05) is 0 Å². The summed E-state index contributed by atoms with van der Waals surface area (Å²) >= 11 is 0. The summed E-state index contributed by atoms with van der Waals surface area (Å²) in [5, 5.41) is 0. The van der Waals surface area contributed by atoms with Crippen molar-refractivity contribution in [3.05, 3.63) is 18.2 Å². The molecule has 1 aromatic carbocycles. The van der Waals surface area contributed by atoms with E-state index < -0.39 is 10.0 Å². The van der Waals surface area contributed by atoms with Crippen molar-refractivity contribution in [2.75, 3.05) is 26.3 Å². The monoisotopic (exact) mass is 312 g/mol. The summed E-state index contributed by atoms with van der Waals surface area (Å²) in [5.41, 5.74) is 5.83. The average molecular weight is 312 g/mol. The molecule has 2 aliphatic rings. The van der Waals surface area contributed by atoms with Crippen LogP contribution in [0.1, 0.15) is 19.3 Å². The normalized spacial score (nSPS) is 21.0. The Balaban J connectivity index is 1.87. The second kappa shape index (κ2) is 5.82. The second-order valence-electron chi connectivity index (χ2n) is 5.40. The van der Waals surface area contributed by atoms with Crippen molar-refractivity contribution < 1.29 is 17.9 Å². The van der Waals surface area contributed by atoms with E-state index in [2.05, 4.69) is 0 Å². The Morgan fingerprint density at radius 3 is 2.48 bits per heavy atom. The summed E-state index contributed by atoms with van der Waals surface area (Å²) in [6, 6.07) is 4.91. The van der Waals surface area contributed by atoms with Crippen LogP contribution in [0.3, 0.4) is 0 Å². The summed E-state index contributed by atoms with van der Waals surface area (Å²) in [5.74, 6) is 1.11. The summed E-state index contributed by atoms with van der Waals surface area (Å²) in [7, 11) is -3.49. The van der Waals surface area contributed by atoms with Crippen LogP contribution in [0.15, 0.2) is 23.1 Å². The number of piperidine rings is 1. The summed E-state index contributed by atoms with van der Waals surface area (Å²) in [6.45, 7) is 2.06. The zero-order valence-electron chi connectivity index (χ0n) is 11.8. The van der Waals surface area contributed by atoms with Crippen LogP contribution in [-0.2, 0) is 10.0 Å². The first-order valence-corrected chi connectivity index (χ1v) is 8.67. The third-order valence-corrected chi connectivity index (χ3v) is 5.75.